The Morgan fingerprint density at radius 2 is 1.76 bits per heavy atom. The summed E-state index contributed by atoms with van der Waals surface area (Å²) in [5.74, 6) is -1.25. The second-order valence-electron chi connectivity index (χ2n) is 4.84. The smallest absolute Gasteiger partial charge is 0.206 e. The molecule has 0 aliphatic carbocycles. The normalized spacial score (nSPS) is 13.2. The van der Waals surface area contributed by atoms with E-state index in [9.17, 15) is 17.6 Å². The number of hydrogen-bond acceptors (Lipinski definition) is 0. The minimum absolute atomic E-state index is 0.305. The van der Waals surface area contributed by atoms with Crippen molar-refractivity contribution in [2.45, 2.75) is 24.3 Å². The van der Waals surface area contributed by atoms with Crippen molar-refractivity contribution in [3.8, 4) is 0 Å². The molecule has 0 aliphatic rings. The second kappa shape index (κ2) is 6.18. The van der Waals surface area contributed by atoms with Crippen LogP contribution in [0, 0.1) is 12.7 Å². The number of hydrogen-bond donors (Lipinski definition) is 0. The molecule has 0 radical (unpaired) electrons. The Bertz CT molecular complexity index is 634. The van der Waals surface area contributed by atoms with Crippen molar-refractivity contribution in [2.75, 3.05) is 0 Å². The van der Waals surface area contributed by atoms with Crippen molar-refractivity contribution >= 4 is 15.9 Å². The van der Waals surface area contributed by atoms with E-state index in [4.69, 9.17) is 0 Å². The van der Waals surface area contributed by atoms with Gasteiger partial charge in [-0.2, -0.15) is 13.2 Å². The van der Waals surface area contributed by atoms with Crippen LogP contribution in [0.5, 0.6) is 0 Å². The fourth-order valence-electron chi connectivity index (χ4n) is 2.11. The van der Waals surface area contributed by atoms with Crippen LogP contribution in [0.2, 0.25) is 0 Å². The highest BCUT2D eigenvalue weighted by Crippen LogP contribution is 2.35. The predicted octanol–water partition coefficient (Wildman–Crippen LogP) is 5.83. The fraction of sp³-hybridized carbons (Fsp3) is 0.250. The summed E-state index contributed by atoms with van der Waals surface area (Å²) in [5, 5.41) is 0. The Kier molecular flexibility index (Phi) is 4.71. The monoisotopic (exact) mass is 360 g/mol. The molecule has 21 heavy (non-hydrogen) atoms. The molecule has 2 aromatic rings. The largest absolute Gasteiger partial charge is 0.419 e. The third-order valence-electron chi connectivity index (χ3n) is 3.32. The van der Waals surface area contributed by atoms with Gasteiger partial charge in [-0.25, -0.2) is 4.39 Å². The topological polar surface area (TPSA) is 0 Å². The van der Waals surface area contributed by atoms with E-state index >= 15 is 0 Å². The zero-order chi connectivity index (χ0) is 15.6. The minimum Gasteiger partial charge on any atom is -0.206 e. The van der Waals surface area contributed by atoms with Gasteiger partial charge in [-0.05, 0) is 42.2 Å². The molecule has 0 fully saturated rings. The Hall–Kier alpha value is -1.36. The summed E-state index contributed by atoms with van der Waals surface area (Å²) in [6.07, 6.45) is -4.15. The fourth-order valence-corrected chi connectivity index (χ4v) is 2.74. The molecule has 0 spiro atoms. The van der Waals surface area contributed by atoms with Gasteiger partial charge in [0.1, 0.15) is 5.82 Å². The van der Waals surface area contributed by atoms with Gasteiger partial charge in [0, 0.05) is 4.83 Å². The van der Waals surface area contributed by atoms with Crippen LogP contribution in [0.15, 0.2) is 42.5 Å². The summed E-state index contributed by atoms with van der Waals surface area (Å²) >= 11 is 3.39. The number of rotatable bonds is 3. The van der Waals surface area contributed by atoms with Gasteiger partial charge < -0.3 is 0 Å². The van der Waals surface area contributed by atoms with E-state index in [0.717, 1.165) is 23.3 Å². The SMILES string of the molecule is Cc1ccccc1CC(Br)c1ccc(F)c(C(F)(F)F)c1. The Labute approximate surface area is 128 Å². The number of benzene rings is 2. The molecule has 2 aromatic carbocycles. The summed E-state index contributed by atoms with van der Waals surface area (Å²) in [5.41, 5.74) is 1.29. The maximum atomic E-state index is 13.3. The van der Waals surface area contributed by atoms with Crippen LogP contribution in [-0.2, 0) is 12.6 Å². The minimum atomic E-state index is -4.69. The Morgan fingerprint density at radius 1 is 1.10 bits per heavy atom. The molecule has 0 saturated heterocycles. The highest BCUT2D eigenvalue weighted by atomic mass is 79.9. The van der Waals surface area contributed by atoms with Crippen molar-refractivity contribution in [3.63, 3.8) is 0 Å². The molecular formula is C16H13BrF4. The number of alkyl halides is 4. The van der Waals surface area contributed by atoms with E-state index in [-0.39, 0.29) is 4.83 Å². The standard InChI is InChI=1S/C16H13BrF4/c1-10-4-2-3-5-11(10)9-14(17)12-6-7-15(18)13(8-12)16(19,20)21/h2-8,14H,9H2,1H3. The molecular weight excluding hydrogens is 348 g/mol. The maximum Gasteiger partial charge on any atom is 0.419 e. The molecule has 1 unspecified atom stereocenters. The summed E-state index contributed by atoms with van der Waals surface area (Å²) in [7, 11) is 0. The third-order valence-corrected chi connectivity index (χ3v) is 4.17. The second-order valence-corrected chi connectivity index (χ2v) is 5.94. The number of halogens is 5. The molecule has 0 aromatic heterocycles. The Balaban J connectivity index is 2.28. The van der Waals surface area contributed by atoms with Crippen LogP contribution in [0.3, 0.4) is 0 Å². The first-order chi connectivity index (χ1) is 9.79. The van der Waals surface area contributed by atoms with Gasteiger partial charge in [0.2, 0.25) is 0 Å². The number of aryl methyl sites for hydroxylation is 1. The zero-order valence-corrected chi connectivity index (χ0v) is 12.8. The zero-order valence-electron chi connectivity index (χ0n) is 11.2. The van der Waals surface area contributed by atoms with Crippen molar-refractivity contribution in [3.05, 3.63) is 70.5 Å². The molecule has 2 rings (SSSR count). The Morgan fingerprint density at radius 3 is 2.38 bits per heavy atom. The molecule has 112 valence electrons. The van der Waals surface area contributed by atoms with E-state index < -0.39 is 17.6 Å². The quantitative estimate of drug-likeness (QED) is 0.477. The van der Waals surface area contributed by atoms with Crippen LogP contribution >= 0.6 is 15.9 Å². The lowest BCUT2D eigenvalue weighted by molar-refractivity contribution is -0.140. The average molecular weight is 361 g/mol. The van der Waals surface area contributed by atoms with Crippen LogP contribution in [0.1, 0.15) is 27.1 Å². The van der Waals surface area contributed by atoms with Crippen molar-refractivity contribution < 1.29 is 17.6 Å². The summed E-state index contributed by atoms with van der Waals surface area (Å²) < 4.78 is 51.5. The summed E-state index contributed by atoms with van der Waals surface area (Å²) in [4.78, 5) is -0.305. The molecule has 1 atom stereocenters. The van der Waals surface area contributed by atoms with Crippen LogP contribution in [0.4, 0.5) is 17.6 Å². The lowest BCUT2D eigenvalue weighted by Gasteiger charge is -2.15. The molecule has 0 N–H and O–H groups in total. The van der Waals surface area contributed by atoms with Crippen molar-refractivity contribution in [1.29, 1.82) is 0 Å². The first-order valence-electron chi connectivity index (χ1n) is 6.34. The molecule has 0 amide bonds. The van der Waals surface area contributed by atoms with Gasteiger partial charge in [-0.1, -0.05) is 46.3 Å². The van der Waals surface area contributed by atoms with Gasteiger partial charge >= 0.3 is 6.18 Å². The lowest BCUT2D eigenvalue weighted by atomic mass is 9.99. The first kappa shape index (κ1) is 16.0. The van der Waals surface area contributed by atoms with Crippen molar-refractivity contribution in [1.82, 2.24) is 0 Å². The maximum absolute atomic E-state index is 13.3. The lowest BCUT2D eigenvalue weighted by Crippen LogP contribution is -2.09. The summed E-state index contributed by atoms with van der Waals surface area (Å²) in [6, 6.07) is 10.8. The molecule has 5 heteroatoms. The molecule has 0 aliphatic heterocycles. The summed E-state index contributed by atoms with van der Waals surface area (Å²) in [6.45, 7) is 1.95. The van der Waals surface area contributed by atoms with E-state index in [2.05, 4.69) is 15.9 Å². The average Bonchev–Trinajstić information content (AvgIpc) is 2.40. The highest BCUT2D eigenvalue weighted by Gasteiger charge is 2.34. The van der Waals surface area contributed by atoms with E-state index in [1.165, 1.54) is 6.07 Å². The molecule has 0 saturated carbocycles. The van der Waals surface area contributed by atoms with Gasteiger partial charge in [-0.15, -0.1) is 0 Å². The first-order valence-corrected chi connectivity index (χ1v) is 7.26. The van der Waals surface area contributed by atoms with E-state index in [1.807, 2.05) is 31.2 Å². The van der Waals surface area contributed by atoms with Crippen LogP contribution in [0.25, 0.3) is 0 Å². The van der Waals surface area contributed by atoms with Gasteiger partial charge in [0.25, 0.3) is 0 Å². The van der Waals surface area contributed by atoms with Crippen LogP contribution < -0.4 is 0 Å². The van der Waals surface area contributed by atoms with Gasteiger partial charge in [0.15, 0.2) is 0 Å². The molecule has 0 bridgehead atoms. The molecule has 0 nitrogen and oxygen atoms in total. The van der Waals surface area contributed by atoms with E-state index in [0.29, 0.717) is 12.0 Å². The highest BCUT2D eigenvalue weighted by molar-refractivity contribution is 9.09. The van der Waals surface area contributed by atoms with Crippen LogP contribution in [-0.4, -0.2) is 0 Å². The van der Waals surface area contributed by atoms with Gasteiger partial charge in [-0.3, -0.25) is 0 Å². The van der Waals surface area contributed by atoms with Gasteiger partial charge in [0.05, 0.1) is 5.56 Å². The van der Waals surface area contributed by atoms with E-state index in [1.54, 1.807) is 0 Å². The predicted molar refractivity (Wildman–Crippen MR) is 78.0 cm³/mol. The third kappa shape index (κ3) is 3.84. The molecule has 0 heterocycles. The van der Waals surface area contributed by atoms with Crippen molar-refractivity contribution in [2.24, 2.45) is 0 Å².